The largest absolute Gasteiger partial charge is 0.493 e. The van der Waals surface area contributed by atoms with Gasteiger partial charge in [0.25, 0.3) is 5.91 Å². The van der Waals surface area contributed by atoms with Gasteiger partial charge in [-0.3, -0.25) is 9.59 Å². The number of hydrogen-bond donors (Lipinski definition) is 2. The second-order valence-electron chi connectivity index (χ2n) is 6.74. The molecule has 0 saturated carbocycles. The van der Waals surface area contributed by atoms with Crippen molar-refractivity contribution in [3.63, 3.8) is 0 Å². The van der Waals surface area contributed by atoms with E-state index in [9.17, 15) is 9.59 Å². The second-order valence-corrected chi connectivity index (χ2v) is 6.74. The van der Waals surface area contributed by atoms with Gasteiger partial charge in [-0.1, -0.05) is 18.2 Å². The van der Waals surface area contributed by atoms with E-state index >= 15 is 0 Å². The zero-order chi connectivity index (χ0) is 21.8. The summed E-state index contributed by atoms with van der Waals surface area (Å²) in [4.78, 5) is 24.6. The van der Waals surface area contributed by atoms with Crippen molar-refractivity contribution in [2.24, 2.45) is 5.73 Å². The highest BCUT2D eigenvalue weighted by molar-refractivity contribution is 6.04. The van der Waals surface area contributed by atoms with Gasteiger partial charge in [0.2, 0.25) is 5.91 Å². The Kier molecular flexibility index (Phi) is 6.06. The Bertz CT molecular complexity index is 1090. The third-order valence-corrected chi connectivity index (χ3v) is 4.84. The van der Waals surface area contributed by atoms with Gasteiger partial charge >= 0.3 is 0 Å². The molecule has 1 heterocycles. The molecule has 0 spiro atoms. The average molecular weight is 408 g/mol. The van der Waals surface area contributed by atoms with E-state index < -0.39 is 5.91 Å². The van der Waals surface area contributed by atoms with Crippen molar-refractivity contribution in [2.45, 2.75) is 20.3 Å². The van der Waals surface area contributed by atoms with Crippen molar-refractivity contribution in [3.05, 3.63) is 65.0 Å². The van der Waals surface area contributed by atoms with E-state index in [-0.39, 0.29) is 23.6 Å². The number of aromatic nitrogens is 2. The van der Waals surface area contributed by atoms with Crippen LogP contribution in [0.2, 0.25) is 0 Å². The molecule has 0 atom stereocenters. The highest BCUT2D eigenvalue weighted by Crippen LogP contribution is 2.33. The lowest BCUT2D eigenvalue weighted by atomic mass is 10.1. The van der Waals surface area contributed by atoms with Crippen molar-refractivity contribution >= 4 is 17.5 Å². The first kappa shape index (κ1) is 20.9. The molecule has 0 bridgehead atoms. The van der Waals surface area contributed by atoms with E-state index in [0.29, 0.717) is 11.5 Å². The zero-order valence-electron chi connectivity index (χ0n) is 17.4. The van der Waals surface area contributed by atoms with E-state index in [1.54, 1.807) is 0 Å². The maximum Gasteiger partial charge on any atom is 0.250 e. The Morgan fingerprint density at radius 3 is 2.30 bits per heavy atom. The maximum atomic E-state index is 12.8. The first-order valence-electron chi connectivity index (χ1n) is 9.31. The molecule has 0 fully saturated rings. The number of primary amides is 1. The minimum Gasteiger partial charge on any atom is -0.493 e. The first-order chi connectivity index (χ1) is 14.3. The van der Waals surface area contributed by atoms with Crippen LogP contribution in [-0.2, 0) is 11.2 Å². The smallest absolute Gasteiger partial charge is 0.250 e. The molecule has 2 amide bonds. The lowest BCUT2D eigenvalue weighted by Gasteiger charge is -2.14. The van der Waals surface area contributed by atoms with E-state index in [1.165, 1.54) is 26.4 Å². The van der Waals surface area contributed by atoms with Crippen LogP contribution >= 0.6 is 0 Å². The lowest BCUT2D eigenvalue weighted by molar-refractivity contribution is -0.115. The fraction of sp³-hybridized carbons (Fsp3) is 0.227. The average Bonchev–Trinajstić information content (AvgIpc) is 3.02. The predicted molar refractivity (Wildman–Crippen MR) is 113 cm³/mol. The van der Waals surface area contributed by atoms with Crippen LogP contribution in [0.25, 0.3) is 5.69 Å². The number of para-hydroxylation sites is 1. The Hall–Kier alpha value is -3.81. The van der Waals surface area contributed by atoms with Crippen LogP contribution in [0.15, 0.2) is 42.5 Å². The summed E-state index contributed by atoms with van der Waals surface area (Å²) >= 11 is 0. The van der Waals surface area contributed by atoms with E-state index in [0.717, 1.165) is 22.6 Å². The highest BCUT2D eigenvalue weighted by Gasteiger charge is 2.19. The van der Waals surface area contributed by atoms with Crippen molar-refractivity contribution < 1.29 is 19.1 Å². The van der Waals surface area contributed by atoms with Crippen LogP contribution in [0.4, 0.5) is 5.69 Å². The van der Waals surface area contributed by atoms with Gasteiger partial charge in [0.15, 0.2) is 11.5 Å². The van der Waals surface area contributed by atoms with Crippen LogP contribution < -0.4 is 20.5 Å². The number of anilines is 1. The summed E-state index contributed by atoms with van der Waals surface area (Å²) in [6, 6.07) is 12.7. The van der Waals surface area contributed by atoms with Crippen LogP contribution in [0, 0.1) is 13.8 Å². The Morgan fingerprint density at radius 1 is 1.07 bits per heavy atom. The summed E-state index contributed by atoms with van der Waals surface area (Å²) in [5.41, 5.74) is 9.23. The van der Waals surface area contributed by atoms with E-state index in [4.69, 9.17) is 15.2 Å². The van der Waals surface area contributed by atoms with Gasteiger partial charge in [0.1, 0.15) is 0 Å². The Labute approximate surface area is 174 Å². The Balaban J connectivity index is 1.88. The molecule has 0 unspecified atom stereocenters. The molecule has 3 N–H and O–H groups in total. The molecule has 3 aromatic rings. The van der Waals surface area contributed by atoms with Gasteiger partial charge in [0, 0.05) is 17.3 Å². The van der Waals surface area contributed by atoms with Crippen LogP contribution in [0.3, 0.4) is 0 Å². The predicted octanol–water partition coefficient (Wildman–Crippen LogP) is 2.79. The number of rotatable bonds is 7. The minimum atomic E-state index is -0.685. The minimum absolute atomic E-state index is 0.0943. The van der Waals surface area contributed by atoms with E-state index in [2.05, 4.69) is 10.4 Å². The standard InChI is InChI=1S/C22H24N4O4/c1-13-16(14(2)26(25-13)15-8-6-5-7-9-15)11-21(27)24-18-12-20(30-4)19(29-3)10-17(18)22(23)28/h5-10,12H,11H2,1-4H3,(H2,23,28)(H,24,27). The normalized spacial score (nSPS) is 10.5. The van der Waals surface area contributed by atoms with Gasteiger partial charge in [-0.2, -0.15) is 5.10 Å². The summed E-state index contributed by atoms with van der Waals surface area (Å²) < 4.78 is 12.3. The number of carbonyl (C=O) groups is 2. The maximum absolute atomic E-state index is 12.8. The number of aryl methyl sites for hydroxylation is 1. The molecule has 0 aliphatic rings. The summed E-state index contributed by atoms with van der Waals surface area (Å²) in [6.07, 6.45) is 0.0943. The van der Waals surface area contributed by atoms with Crippen molar-refractivity contribution in [1.29, 1.82) is 0 Å². The quantitative estimate of drug-likeness (QED) is 0.625. The molecule has 8 heteroatoms. The molecule has 1 aromatic heterocycles. The number of amides is 2. The molecule has 8 nitrogen and oxygen atoms in total. The van der Waals surface area contributed by atoms with Gasteiger partial charge in [-0.15, -0.1) is 0 Å². The fourth-order valence-corrected chi connectivity index (χ4v) is 3.29. The number of carbonyl (C=O) groups excluding carboxylic acids is 2. The zero-order valence-corrected chi connectivity index (χ0v) is 17.4. The van der Waals surface area contributed by atoms with Crippen molar-refractivity contribution in [2.75, 3.05) is 19.5 Å². The number of benzene rings is 2. The van der Waals surface area contributed by atoms with Crippen LogP contribution in [0.1, 0.15) is 27.3 Å². The third-order valence-electron chi connectivity index (χ3n) is 4.84. The van der Waals surface area contributed by atoms with Gasteiger partial charge in [-0.05, 0) is 32.0 Å². The number of nitrogens with two attached hydrogens (primary N) is 1. The highest BCUT2D eigenvalue weighted by atomic mass is 16.5. The van der Waals surface area contributed by atoms with Crippen molar-refractivity contribution in [1.82, 2.24) is 9.78 Å². The lowest BCUT2D eigenvalue weighted by Crippen LogP contribution is -2.20. The fourth-order valence-electron chi connectivity index (χ4n) is 3.29. The molecule has 3 rings (SSSR count). The SMILES string of the molecule is COc1cc(NC(=O)Cc2c(C)nn(-c3ccccc3)c2C)c(C(N)=O)cc1OC. The number of nitrogens with one attached hydrogen (secondary N) is 1. The van der Waals surface area contributed by atoms with Crippen LogP contribution in [0.5, 0.6) is 11.5 Å². The second kappa shape index (κ2) is 8.69. The molecule has 0 aliphatic heterocycles. The topological polar surface area (TPSA) is 108 Å². The number of methoxy groups -OCH3 is 2. The third kappa shape index (κ3) is 4.12. The number of nitrogens with zero attached hydrogens (tertiary/aromatic N) is 2. The van der Waals surface area contributed by atoms with Gasteiger partial charge in [0.05, 0.1) is 43.3 Å². The Morgan fingerprint density at radius 2 is 1.70 bits per heavy atom. The number of ether oxygens (including phenoxy) is 2. The molecule has 0 radical (unpaired) electrons. The monoisotopic (exact) mass is 408 g/mol. The summed E-state index contributed by atoms with van der Waals surface area (Å²) in [7, 11) is 2.93. The summed E-state index contributed by atoms with van der Waals surface area (Å²) in [5.74, 6) is -0.263. The van der Waals surface area contributed by atoms with Crippen LogP contribution in [-0.4, -0.2) is 35.8 Å². The molecule has 0 aliphatic carbocycles. The molecule has 30 heavy (non-hydrogen) atoms. The van der Waals surface area contributed by atoms with Crippen molar-refractivity contribution in [3.8, 4) is 17.2 Å². The first-order valence-corrected chi connectivity index (χ1v) is 9.31. The van der Waals surface area contributed by atoms with Gasteiger partial charge < -0.3 is 20.5 Å². The molecule has 156 valence electrons. The number of hydrogen-bond acceptors (Lipinski definition) is 5. The summed E-state index contributed by atoms with van der Waals surface area (Å²) in [6.45, 7) is 3.78. The molecule has 0 saturated heterocycles. The molecule has 2 aromatic carbocycles. The van der Waals surface area contributed by atoms with E-state index in [1.807, 2.05) is 48.9 Å². The summed E-state index contributed by atoms with van der Waals surface area (Å²) in [5, 5.41) is 7.32. The molecular formula is C22H24N4O4. The van der Waals surface area contributed by atoms with Gasteiger partial charge in [-0.25, -0.2) is 4.68 Å². The molecular weight excluding hydrogens is 384 g/mol.